The van der Waals surface area contributed by atoms with Crippen molar-refractivity contribution in [1.82, 2.24) is 9.71 Å². The number of carbonyl (C=O) groups is 1. The van der Waals surface area contributed by atoms with Crippen LogP contribution in [0.4, 0.5) is 5.69 Å². The van der Waals surface area contributed by atoms with Crippen molar-refractivity contribution in [2.24, 2.45) is 10.2 Å². The third kappa shape index (κ3) is 4.08. The van der Waals surface area contributed by atoms with E-state index in [4.69, 9.17) is 17.5 Å². The lowest BCUT2D eigenvalue weighted by molar-refractivity contribution is -0.147. The van der Waals surface area contributed by atoms with Gasteiger partial charge in [-0.2, -0.15) is 4.72 Å². The molecule has 0 radical (unpaired) electrons. The van der Waals surface area contributed by atoms with Gasteiger partial charge in [0.15, 0.2) is 0 Å². The molecule has 1 aliphatic rings. The minimum Gasteiger partial charge on any atom is -0.480 e. The second-order valence-corrected chi connectivity index (χ2v) is 7.86. The van der Waals surface area contributed by atoms with Gasteiger partial charge >= 0.3 is 5.97 Å². The molecule has 0 bridgehead atoms. The van der Waals surface area contributed by atoms with E-state index in [-0.39, 0.29) is 36.1 Å². The molecule has 0 atom stereocenters. The van der Waals surface area contributed by atoms with Crippen molar-refractivity contribution in [3.63, 3.8) is 0 Å². The highest BCUT2D eigenvalue weighted by atomic mass is 35.5. The number of nitrogens with two attached hydrogens (primary N) is 1. The summed E-state index contributed by atoms with van der Waals surface area (Å²) in [5.74, 6) is -1.20. The Labute approximate surface area is 166 Å². The molecule has 0 aliphatic heterocycles. The first-order valence-electron chi connectivity index (χ1n) is 7.64. The summed E-state index contributed by atoms with van der Waals surface area (Å²) in [5.41, 5.74) is 4.60. The Morgan fingerprint density at radius 1 is 1.33 bits per heavy atom. The highest BCUT2D eigenvalue weighted by molar-refractivity contribution is 7.89. The number of aromatic nitrogens is 1. The van der Waals surface area contributed by atoms with E-state index in [2.05, 4.69) is 19.5 Å². The summed E-state index contributed by atoms with van der Waals surface area (Å²) in [5, 5.41) is 13.3. The summed E-state index contributed by atoms with van der Waals surface area (Å²) < 4.78 is 30.9. The largest absolute Gasteiger partial charge is 0.480 e. The maximum atomic E-state index is 12.6. The number of carboxylic acid groups (broad SMARTS) is 1. The topological polar surface area (TPSA) is 147 Å². The van der Waals surface area contributed by atoms with Crippen LogP contribution < -0.4 is 15.8 Å². The average Bonchev–Trinajstić information content (AvgIpc) is 2.57. The Morgan fingerprint density at radius 3 is 2.59 bits per heavy atom. The van der Waals surface area contributed by atoms with Gasteiger partial charge in [0, 0.05) is 28.7 Å². The van der Waals surface area contributed by atoms with Crippen LogP contribution in [0.25, 0.3) is 10.8 Å². The van der Waals surface area contributed by atoms with Gasteiger partial charge < -0.3 is 16.2 Å². The van der Waals surface area contributed by atoms with Crippen LogP contribution in [0, 0.1) is 0 Å². The van der Waals surface area contributed by atoms with Crippen molar-refractivity contribution in [2.45, 2.75) is 29.7 Å². The maximum Gasteiger partial charge on any atom is 0.324 e. The lowest BCUT2D eigenvalue weighted by atomic mass is 9.78. The van der Waals surface area contributed by atoms with Crippen LogP contribution in [0.2, 0.25) is 0 Å². The lowest BCUT2D eigenvalue weighted by Crippen LogP contribution is -2.58. The smallest absolute Gasteiger partial charge is 0.324 e. The van der Waals surface area contributed by atoms with Crippen molar-refractivity contribution in [3.05, 3.63) is 30.6 Å². The molecule has 12 heteroatoms. The molecule has 3 rings (SSSR count). The van der Waals surface area contributed by atoms with Gasteiger partial charge in [-0.1, -0.05) is 6.07 Å². The van der Waals surface area contributed by atoms with Gasteiger partial charge in [0.25, 0.3) is 0 Å². The number of benzene rings is 1. The summed E-state index contributed by atoms with van der Waals surface area (Å²) in [6.07, 6.45) is 4.18. The molecule has 0 spiro atoms. The van der Waals surface area contributed by atoms with E-state index in [1.807, 2.05) is 0 Å². The highest BCUT2D eigenvalue weighted by Crippen LogP contribution is 2.34. The second-order valence-electron chi connectivity index (χ2n) is 6.01. The summed E-state index contributed by atoms with van der Waals surface area (Å²) in [6, 6.07) is 4.37. The van der Waals surface area contributed by atoms with E-state index in [9.17, 15) is 18.3 Å². The van der Waals surface area contributed by atoms with Gasteiger partial charge in [0.05, 0.1) is 16.8 Å². The van der Waals surface area contributed by atoms with Gasteiger partial charge in [-0.3, -0.25) is 9.78 Å². The molecular weight excluding hydrogens is 417 g/mol. The van der Waals surface area contributed by atoms with Crippen LogP contribution in [0.5, 0.6) is 0 Å². The Hall–Kier alpha value is -2.14. The first kappa shape index (κ1) is 21.2. The van der Waals surface area contributed by atoms with Crippen LogP contribution in [0.1, 0.15) is 19.3 Å². The number of hydrogen-bond donors (Lipinski definition) is 4. The lowest BCUT2D eigenvalue weighted by Gasteiger charge is -2.37. The number of guanidine groups is 1. The minimum absolute atomic E-state index is 0. The number of rotatable bonds is 5. The predicted octanol–water partition coefficient (Wildman–Crippen LogP) is 1.82. The van der Waals surface area contributed by atoms with Crippen molar-refractivity contribution >= 4 is 62.6 Å². The molecule has 1 fully saturated rings. The number of halogens is 2. The van der Waals surface area contributed by atoms with Crippen LogP contribution in [-0.4, -0.2) is 36.0 Å². The van der Waals surface area contributed by atoms with Crippen molar-refractivity contribution < 1.29 is 18.3 Å². The molecule has 1 aliphatic carbocycles. The van der Waals surface area contributed by atoms with Crippen molar-refractivity contribution in [3.8, 4) is 0 Å². The number of nitrogens with zero attached hydrogens (tertiary/aromatic N) is 2. The molecule has 27 heavy (non-hydrogen) atoms. The van der Waals surface area contributed by atoms with Crippen LogP contribution in [0.15, 0.2) is 40.0 Å². The molecule has 146 valence electrons. The molecule has 9 nitrogen and oxygen atoms in total. The van der Waals surface area contributed by atoms with Crippen molar-refractivity contribution in [1.29, 1.82) is 0 Å². The molecule has 0 amide bonds. The molecule has 1 aromatic heterocycles. The molecule has 0 unspecified atom stereocenters. The predicted molar refractivity (Wildman–Crippen MR) is 105 cm³/mol. The standard InChI is InChI=1S/C15H16ClN5O4S.ClH/c16-20-14(17)19-12-8-18-7-9-6-10(2-3-11(9)12)26(24,25)21-15(13(22)23)4-1-5-15;/h2-3,6-8,21H,1,4-5H2,(H,22,23)(H3,17,19,20);1H. The fraction of sp³-hybridized carbons (Fsp3) is 0.267. The van der Waals surface area contributed by atoms with Crippen LogP contribution in [0.3, 0.4) is 0 Å². The molecule has 2 aromatic rings. The van der Waals surface area contributed by atoms with E-state index in [0.717, 1.165) is 0 Å². The zero-order valence-corrected chi connectivity index (χ0v) is 16.2. The number of hydrogen-bond acceptors (Lipinski definition) is 5. The van der Waals surface area contributed by atoms with Gasteiger partial charge in [0.2, 0.25) is 16.0 Å². The van der Waals surface area contributed by atoms with E-state index in [1.165, 1.54) is 24.5 Å². The van der Waals surface area contributed by atoms with E-state index >= 15 is 0 Å². The van der Waals surface area contributed by atoms with E-state index < -0.39 is 21.5 Å². The third-order valence-corrected chi connectivity index (χ3v) is 6.06. The average molecular weight is 434 g/mol. The van der Waals surface area contributed by atoms with Gasteiger partial charge in [0.1, 0.15) is 5.54 Å². The molecule has 1 aromatic carbocycles. The molecule has 1 heterocycles. The van der Waals surface area contributed by atoms with Crippen LogP contribution in [-0.2, 0) is 14.8 Å². The number of nitrogens with one attached hydrogen (secondary N) is 2. The molecule has 5 N–H and O–H groups in total. The monoisotopic (exact) mass is 433 g/mol. The normalized spacial score (nSPS) is 16.3. The summed E-state index contributed by atoms with van der Waals surface area (Å²) in [6.45, 7) is 0. The Kier molecular flexibility index (Phi) is 6.15. The Bertz CT molecular complexity index is 1010. The Morgan fingerprint density at radius 2 is 2.04 bits per heavy atom. The molecule has 0 saturated heterocycles. The minimum atomic E-state index is -4.00. The molecule has 1 saturated carbocycles. The first-order chi connectivity index (χ1) is 12.3. The number of carboxylic acids is 1. The SMILES string of the molecule is Cl.NC(=NCl)Nc1cncc2cc(S(=O)(=O)NC3(C(=O)O)CCC3)ccc12. The van der Waals surface area contributed by atoms with E-state index in [0.29, 0.717) is 22.9 Å². The fourth-order valence-electron chi connectivity index (χ4n) is 2.79. The number of anilines is 1. The maximum absolute atomic E-state index is 12.6. The quantitative estimate of drug-likeness (QED) is 0.415. The zero-order valence-electron chi connectivity index (χ0n) is 13.8. The Balaban J connectivity index is 0.00000261. The zero-order chi connectivity index (χ0) is 18.9. The fourth-order valence-corrected chi connectivity index (χ4v) is 4.28. The van der Waals surface area contributed by atoms with Gasteiger partial charge in [-0.05, 0) is 31.4 Å². The number of aliphatic carboxylic acids is 1. The second kappa shape index (κ2) is 7.85. The third-order valence-electron chi connectivity index (χ3n) is 4.34. The first-order valence-corrected chi connectivity index (χ1v) is 9.46. The van der Waals surface area contributed by atoms with Crippen LogP contribution >= 0.6 is 24.2 Å². The number of pyridine rings is 1. The summed E-state index contributed by atoms with van der Waals surface area (Å²) in [7, 11) is -4.00. The summed E-state index contributed by atoms with van der Waals surface area (Å²) in [4.78, 5) is 15.4. The number of sulfonamides is 1. The highest BCUT2D eigenvalue weighted by Gasteiger charge is 2.47. The van der Waals surface area contributed by atoms with Gasteiger partial charge in [-0.25, -0.2) is 8.42 Å². The van der Waals surface area contributed by atoms with Gasteiger partial charge in [-0.15, -0.1) is 16.9 Å². The molecular formula is C15H17Cl2N5O4S. The van der Waals surface area contributed by atoms with Crippen molar-refractivity contribution in [2.75, 3.05) is 5.32 Å². The van der Waals surface area contributed by atoms with E-state index in [1.54, 1.807) is 6.07 Å². The summed E-state index contributed by atoms with van der Waals surface area (Å²) >= 11 is 5.29. The number of fused-ring (bicyclic) bond motifs is 1.